The Kier molecular flexibility index (Phi) is 2.49. The van der Waals surface area contributed by atoms with Crippen molar-refractivity contribution in [2.45, 2.75) is 0 Å². The molecule has 4 heteroatoms. The lowest BCUT2D eigenvalue weighted by molar-refractivity contribution is 0.322. The molecule has 0 amide bonds. The van der Waals surface area contributed by atoms with E-state index < -0.39 is 0 Å². The molecule has 0 saturated carbocycles. The molecule has 1 aromatic heterocycles. The summed E-state index contributed by atoms with van der Waals surface area (Å²) in [6, 6.07) is 7.35. The van der Waals surface area contributed by atoms with E-state index in [0.29, 0.717) is 0 Å². The Hall–Kier alpha value is -2.10. The molecule has 15 heavy (non-hydrogen) atoms. The summed E-state index contributed by atoms with van der Waals surface area (Å²) in [4.78, 5) is 4.20. The normalized spacial score (nSPS) is 11.0. The van der Waals surface area contributed by atoms with Gasteiger partial charge >= 0.3 is 0 Å². The van der Waals surface area contributed by atoms with Gasteiger partial charge in [-0.2, -0.15) is 0 Å². The molecule has 2 rings (SSSR count). The molecule has 0 aliphatic heterocycles. The number of hydrogen-bond donors (Lipinski definition) is 1. The highest BCUT2D eigenvalue weighted by Crippen LogP contribution is 2.21. The Bertz CT molecular complexity index is 509. The SMILES string of the molecule is COc1ccc2nccc(/C=N/O)c2c1. The maximum Gasteiger partial charge on any atom is 0.119 e. The molecule has 0 saturated heterocycles. The van der Waals surface area contributed by atoms with Gasteiger partial charge in [0, 0.05) is 17.1 Å². The highest BCUT2D eigenvalue weighted by atomic mass is 16.5. The molecular formula is C11H10N2O2. The fraction of sp³-hybridized carbons (Fsp3) is 0.0909. The third-order valence-electron chi connectivity index (χ3n) is 2.18. The number of benzene rings is 1. The van der Waals surface area contributed by atoms with E-state index >= 15 is 0 Å². The van der Waals surface area contributed by atoms with E-state index in [1.807, 2.05) is 18.2 Å². The van der Waals surface area contributed by atoms with Gasteiger partial charge in [-0.25, -0.2) is 0 Å². The summed E-state index contributed by atoms with van der Waals surface area (Å²) in [7, 11) is 1.61. The minimum Gasteiger partial charge on any atom is -0.497 e. The van der Waals surface area contributed by atoms with Crippen LogP contribution in [-0.4, -0.2) is 23.5 Å². The molecule has 0 unspecified atom stereocenters. The number of aromatic nitrogens is 1. The fourth-order valence-electron chi connectivity index (χ4n) is 1.45. The molecule has 1 aromatic carbocycles. The molecule has 0 spiro atoms. The summed E-state index contributed by atoms with van der Waals surface area (Å²) in [5, 5.41) is 12.4. The summed E-state index contributed by atoms with van der Waals surface area (Å²) in [5.41, 5.74) is 1.65. The first-order valence-corrected chi connectivity index (χ1v) is 4.45. The van der Waals surface area contributed by atoms with Crippen LogP contribution in [-0.2, 0) is 0 Å². The monoisotopic (exact) mass is 202 g/mol. The maximum atomic E-state index is 8.52. The molecule has 0 atom stereocenters. The number of ether oxygens (including phenoxy) is 1. The quantitative estimate of drug-likeness (QED) is 0.460. The van der Waals surface area contributed by atoms with Crippen LogP contribution in [0.25, 0.3) is 10.9 Å². The van der Waals surface area contributed by atoms with Crippen molar-refractivity contribution in [3.05, 3.63) is 36.0 Å². The van der Waals surface area contributed by atoms with Gasteiger partial charge in [0.15, 0.2) is 0 Å². The molecule has 0 radical (unpaired) electrons. The molecule has 2 aromatic rings. The number of hydrogen-bond acceptors (Lipinski definition) is 4. The Labute approximate surface area is 86.8 Å². The van der Waals surface area contributed by atoms with Gasteiger partial charge in [-0.3, -0.25) is 4.98 Å². The van der Waals surface area contributed by atoms with Crippen molar-refractivity contribution in [3.8, 4) is 5.75 Å². The smallest absolute Gasteiger partial charge is 0.119 e. The van der Waals surface area contributed by atoms with Gasteiger partial charge in [0.2, 0.25) is 0 Å². The second-order valence-corrected chi connectivity index (χ2v) is 3.03. The van der Waals surface area contributed by atoms with Crippen LogP contribution in [0.5, 0.6) is 5.75 Å². The molecule has 0 bridgehead atoms. The van der Waals surface area contributed by atoms with Crippen LogP contribution >= 0.6 is 0 Å². The lowest BCUT2D eigenvalue weighted by atomic mass is 10.1. The number of methoxy groups -OCH3 is 1. The Morgan fingerprint density at radius 3 is 3.00 bits per heavy atom. The van der Waals surface area contributed by atoms with Crippen LogP contribution in [0.2, 0.25) is 0 Å². The van der Waals surface area contributed by atoms with Crippen molar-refractivity contribution >= 4 is 17.1 Å². The number of pyridine rings is 1. The zero-order valence-corrected chi connectivity index (χ0v) is 8.21. The number of fused-ring (bicyclic) bond motifs is 1. The van der Waals surface area contributed by atoms with E-state index in [9.17, 15) is 0 Å². The fourth-order valence-corrected chi connectivity index (χ4v) is 1.45. The van der Waals surface area contributed by atoms with Crippen molar-refractivity contribution < 1.29 is 9.94 Å². The van der Waals surface area contributed by atoms with Crippen LogP contribution in [0.4, 0.5) is 0 Å². The molecule has 1 heterocycles. The number of oxime groups is 1. The van der Waals surface area contributed by atoms with Crippen molar-refractivity contribution in [2.75, 3.05) is 7.11 Å². The van der Waals surface area contributed by atoms with Crippen LogP contribution in [0.1, 0.15) is 5.56 Å². The summed E-state index contributed by atoms with van der Waals surface area (Å²) >= 11 is 0. The summed E-state index contributed by atoms with van der Waals surface area (Å²) in [6.07, 6.45) is 3.05. The van der Waals surface area contributed by atoms with Gasteiger partial charge < -0.3 is 9.94 Å². The van der Waals surface area contributed by atoms with E-state index in [2.05, 4.69) is 10.1 Å². The Morgan fingerprint density at radius 2 is 2.27 bits per heavy atom. The summed E-state index contributed by atoms with van der Waals surface area (Å²) < 4.78 is 5.12. The van der Waals surface area contributed by atoms with Gasteiger partial charge in [0.05, 0.1) is 18.8 Å². The first kappa shape index (κ1) is 9.45. The van der Waals surface area contributed by atoms with Gasteiger partial charge in [0.1, 0.15) is 5.75 Å². The van der Waals surface area contributed by atoms with Crippen LogP contribution < -0.4 is 4.74 Å². The predicted molar refractivity (Wildman–Crippen MR) is 57.7 cm³/mol. The molecule has 4 nitrogen and oxygen atoms in total. The summed E-state index contributed by atoms with van der Waals surface area (Å²) in [5.74, 6) is 0.753. The van der Waals surface area contributed by atoms with E-state index in [0.717, 1.165) is 22.2 Å². The first-order chi connectivity index (χ1) is 7.35. The van der Waals surface area contributed by atoms with Crippen molar-refractivity contribution in [3.63, 3.8) is 0 Å². The number of nitrogens with zero attached hydrogens (tertiary/aromatic N) is 2. The third kappa shape index (κ3) is 1.74. The minimum absolute atomic E-state index is 0.753. The molecule has 1 N–H and O–H groups in total. The second-order valence-electron chi connectivity index (χ2n) is 3.03. The van der Waals surface area contributed by atoms with Crippen molar-refractivity contribution in [2.24, 2.45) is 5.16 Å². The largest absolute Gasteiger partial charge is 0.497 e. The lowest BCUT2D eigenvalue weighted by Gasteiger charge is -2.03. The summed E-state index contributed by atoms with van der Waals surface area (Å²) in [6.45, 7) is 0. The van der Waals surface area contributed by atoms with E-state index in [4.69, 9.17) is 9.94 Å². The molecule has 76 valence electrons. The molecule has 0 fully saturated rings. The van der Waals surface area contributed by atoms with Crippen LogP contribution in [0.3, 0.4) is 0 Å². The minimum atomic E-state index is 0.753. The Balaban J connectivity index is 2.70. The number of rotatable bonds is 2. The van der Waals surface area contributed by atoms with E-state index in [1.54, 1.807) is 19.4 Å². The second kappa shape index (κ2) is 3.96. The highest BCUT2D eigenvalue weighted by Gasteiger charge is 2.01. The average Bonchev–Trinajstić information content (AvgIpc) is 2.29. The van der Waals surface area contributed by atoms with Crippen LogP contribution in [0.15, 0.2) is 35.6 Å². The Morgan fingerprint density at radius 1 is 1.40 bits per heavy atom. The van der Waals surface area contributed by atoms with Crippen molar-refractivity contribution in [1.82, 2.24) is 4.98 Å². The maximum absolute atomic E-state index is 8.52. The predicted octanol–water partition coefficient (Wildman–Crippen LogP) is 2.05. The van der Waals surface area contributed by atoms with Gasteiger partial charge in [-0.15, -0.1) is 0 Å². The van der Waals surface area contributed by atoms with E-state index in [1.165, 1.54) is 6.21 Å². The van der Waals surface area contributed by atoms with Gasteiger partial charge in [-0.05, 0) is 24.3 Å². The highest BCUT2D eigenvalue weighted by molar-refractivity contribution is 5.98. The molecular weight excluding hydrogens is 192 g/mol. The average molecular weight is 202 g/mol. The van der Waals surface area contributed by atoms with E-state index in [-0.39, 0.29) is 0 Å². The lowest BCUT2D eigenvalue weighted by Crippen LogP contribution is -1.89. The first-order valence-electron chi connectivity index (χ1n) is 4.45. The van der Waals surface area contributed by atoms with Gasteiger partial charge in [0.25, 0.3) is 0 Å². The molecule has 0 aliphatic rings. The third-order valence-corrected chi connectivity index (χ3v) is 2.18. The molecule has 0 aliphatic carbocycles. The topological polar surface area (TPSA) is 54.7 Å². The van der Waals surface area contributed by atoms with Crippen molar-refractivity contribution in [1.29, 1.82) is 0 Å². The zero-order chi connectivity index (χ0) is 10.7. The standard InChI is InChI=1S/C11H10N2O2/c1-15-9-2-3-11-10(6-9)8(7-13-14)4-5-12-11/h2-7,14H,1H3/b13-7+. The van der Waals surface area contributed by atoms with Crippen LogP contribution in [0, 0.1) is 0 Å². The van der Waals surface area contributed by atoms with Gasteiger partial charge in [-0.1, -0.05) is 5.16 Å². The zero-order valence-electron chi connectivity index (χ0n) is 8.21.